The number of methoxy groups -OCH3 is 1. The first-order chi connectivity index (χ1) is 10.1. The third-order valence-electron chi connectivity index (χ3n) is 3.28. The van der Waals surface area contributed by atoms with Crippen LogP contribution in [-0.4, -0.2) is 18.1 Å². The summed E-state index contributed by atoms with van der Waals surface area (Å²) in [6, 6.07) is 10.6. The van der Waals surface area contributed by atoms with E-state index >= 15 is 0 Å². The minimum Gasteiger partial charge on any atom is -0.508 e. The Balaban J connectivity index is 2.13. The Labute approximate surface area is 135 Å². The number of benzene rings is 2. The molecular formula is C16H12INO3. The lowest BCUT2D eigenvalue weighted by atomic mass is 10.0. The van der Waals surface area contributed by atoms with Crippen LogP contribution in [0.4, 0.5) is 5.69 Å². The fraction of sp³-hybridized carbons (Fsp3) is 0.0625. The van der Waals surface area contributed by atoms with Crippen LogP contribution in [0.15, 0.2) is 36.4 Å². The molecule has 2 aromatic carbocycles. The number of phenols is 1. The van der Waals surface area contributed by atoms with E-state index in [1.807, 2.05) is 18.2 Å². The van der Waals surface area contributed by atoms with Gasteiger partial charge in [0.15, 0.2) is 0 Å². The maximum atomic E-state index is 12.1. The van der Waals surface area contributed by atoms with E-state index in [-0.39, 0.29) is 11.7 Å². The van der Waals surface area contributed by atoms with Crippen molar-refractivity contribution in [1.29, 1.82) is 0 Å². The van der Waals surface area contributed by atoms with Gasteiger partial charge in [0.05, 0.1) is 7.11 Å². The maximum Gasteiger partial charge on any atom is 0.256 e. The van der Waals surface area contributed by atoms with E-state index in [0.717, 1.165) is 20.4 Å². The number of ether oxygens (including phenoxy) is 1. The summed E-state index contributed by atoms with van der Waals surface area (Å²) in [5, 5.41) is 12.3. The van der Waals surface area contributed by atoms with Crippen LogP contribution in [0.25, 0.3) is 11.6 Å². The number of rotatable bonds is 2. The van der Waals surface area contributed by atoms with Crippen LogP contribution < -0.4 is 10.1 Å². The number of anilines is 1. The van der Waals surface area contributed by atoms with Gasteiger partial charge in [0.1, 0.15) is 11.5 Å². The van der Waals surface area contributed by atoms with Gasteiger partial charge in [-0.05, 0) is 59.0 Å². The molecule has 0 bridgehead atoms. The monoisotopic (exact) mass is 393 g/mol. The average molecular weight is 393 g/mol. The first-order valence-electron chi connectivity index (χ1n) is 6.28. The van der Waals surface area contributed by atoms with E-state index in [0.29, 0.717) is 11.3 Å². The van der Waals surface area contributed by atoms with Crippen molar-refractivity contribution >= 4 is 45.8 Å². The van der Waals surface area contributed by atoms with Gasteiger partial charge < -0.3 is 15.2 Å². The number of amides is 1. The van der Waals surface area contributed by atoms with E-state index in [2.05, 4.69) is 27.9 Å². The van der Waals surface area contributed by atoms with Crippen molar-refractivity contribution < 1.29 is 14.6 Å². The highest BCUT2D eigenvalue weighted by Gasteiger charge is 2.24. The van der Waals surface area contributed by atoms with Crippen molar-refractivity contribution in [2.45, 2.75) is 0 Å². The molecule has 0 atom stereocenters. The number of hydrogen-bond acceptors (Lipinski definition) is 3. The fourth-order valence-corrected chi connectivity index (χ4v) is 2.77. The molecule has 106 valence electrons. The van der Waals surface area contributed by atoms with Crippen LogP contribution in [0.1, 0.15) is 11.1 Å². The highest BCUT2D eigenvalue weighted by Crippen LogP contribution is 2.36. The second-order valence-electron chi connectivity index (χ2n) is 4.63. The quantitative estimate of drug-likeness (QED) is 0.607. The number of halogens is 1. The average Bonchev–Trinajstić information content (AvgIpc) is 2.76. The first kappa shape index (κ1) is 13.9. The molecule has 5 heteroatoms. The molecule has 21 heavy (non-hydrogen) atoms. The molecule has 0 fully saturated rings. The number of carbonyl (C=O) groups is 1. The van der Waals surface area contributed by atoms with Crippen molar-refractivity contribution in [3.05, 3.63) is 51.1 Å². The van der Waals surface area contributed by atoms with Crippen molar-refractivity contribution in [2.24, 2.45) is 0 Å². The molecule has 1 amide bonds. The predicted octanol–water partition coefficient (Wildman–Crippen LogP) is 3.50. The van der Waals surface area contributed by atoms with E-state index in [9.17, 15) is 9.90 Å². The molecule has 0 aliphatic carbocycles. The van der Waals surface area contributed by atoms with Crippen LogP contribution in [-0.2, 0) is 4.79 Å². The molecule has 0 spiro atoms. The molecule has 0 saturated heterocycles. The Morgan fingerprint density at radius 3 is 2.81 bits per heavy atom. The molecule has 3 rings (SSSR count). The van der Waals surface area contributed by atoms with Gasteiger partial charge in [-0.1, -0.05) is 0 Å². The van der Waals surface area contributed by atoms with Gasteiger partial charge in [-0.2, -0.15) is 0 Å². The molecule has 0 radical (unpaired) electrons. The lowest BCUT2D eigenvalue weighted by Crippen LogP contribution is -2.03. The number of nitrogens with one attached hydrogen (secondary N) is 1. The van der Waals surface area contributed by atoms with Crippen LogP contribution in [0.5, 0.6) is 11.5 Å². The number of aromatic hydroxyl groups is 1. The Bertz CT molecular complexity index is 768. The number of carbonyl (C=O) groups excluding carboxylic acids is 1. The Hall–Kier alpha value is -2.02. The van der Waals surface area contributed by atoms with Crippen molar-refractivity contribution in [3.8, 4) is 11.5 Å². The number of phenolic OH excluding ortho intramolecular Hbond substituents is 1. The summed E-state index contributed by atoms with van der Waals surface area (Å²) in [5.41, 5.74) is 3.02. The van der Waals surface area contributed by atoms with Crippen molar-refractivity contribution in [1.82, 2.24) is 0 Å². The standard InChI is InChI=1S/C16H12INO3/c1-21-15-8-11(19)4-2-9(15)6-13-12-7-10(17)3-5-14(12)18-16(13)20/h2-8,19H,1H3,(H,18,20). The van der Waals surface area contributed by atoms with Gasteiger partial charge in [-0.25, -0.2) is 0 Å². The zero-order valence-corrected chi connectivity index (χ0v) is 13.3. The summed E-state index contributed by atoms with van der Waals surface area (Å²) in [4.78, 5) is 12.1. The molecule has 2 aromatic rings. The van der Waals surface area contributed by atoms with E-state index in [4.69, 9.17) is 4.74 Å². The van der Waals surface area contributed by atoms with Crippen molar-refractivity contribution in [2.75, 3.05) is 12.4 Å². The van der Waals surface area contributed by atoms with E-state index in [1.165, 1.54) is 13.2 Å². The van der Waals surface area contributed by atoms with Gasteiger partial charge in [0.2, 0.25) is 0 Å². The third-order valence-corrected chi connectivity index (χ3v) is 3.95. The first-order valence-corrected chi connectivity index (χ1v) is 7.36. The summed E-state index contributed by atoms with van der Waals surface area (Å²) in [6.45, 7) is 0. The molecule has 0 saturated carbocycles. The zero-order valence-electron chi connectivity index (χ0n) is 11.2. The SMILES string of the molecule is COc1cc(O)ccc1C=C1C(=O)Nc2ccc(I)cc21. The normalized spacial score (nSPS) is 15.0. The fourth-order valence-electron chi connectivity index (χ4n) is 2.28. The smallest absolute Gasteiger partial charge is 0.256 e. The summed E-state index contributed by atoms with van der Waals surface area (Å²) in [7, 11) is 1.53. The van der Waals surface area contributed by atoms with E-state index in [1.54, 1.807) is 18.2 Å². The lowest BCUT2D eigenvalue weighted by Gasteiger charge is -2.06. The van der Waals surface area contributed by atoms with Crippen molar-refractivity contribution in [3.63, 3.8) is 0 Å². The van der Waals surface area contributed by atoms with Crippen LogP contribution in [0.2, 0.25) is 0 Å². The van der Waals surface area contributed by atoms with Gasteiger partial charge in [-0.15, -0.1) is 0 Å². The summed E-state index contributed by atoms with van der Waals surface area (Å²) in [6.07, 6.45) is 1.77. The molecule has 1 aliphatic rings. The van der Waals surface area contributed by atoms with Crippen LogP contribution in [0.3, 0.4) is 0 Å². The van der Waals surface area contributed by atoms with Gasteiger partial charge in [0, 0.05) is 32.0 Å². The van der Waals surface area contributed by atoms with E-state index < -0.39 is 0 Å². The Morgan fingerprint density at radius 1 is 1.24 bits per heavy atom. The topological polar surface area (TPSA) is 58.6 Å². The molecule has 1 aliphatic heterocycles. The highest BCUT2D eigenvalue weighted by atomic mass is 127. The summed E-state index contributed by atoms with van der Waals surface area (Å²) in [5.74, 6) is 0.510. The Kier molecular flexibility index (Phi) is 3.59. The van der Waals surface area contributed by atoms with Gasteiger partial charge in [0.25, 0.3) is 5.91 Å². The molecule has 2 N–H and O–H groups in total. The third kappa shape index (κ3) is 2.61. The number of hydrogen-bond donors (Lipinski definition) is 2. The maximum absolute atomic E-state index is 12.1. The molecule has 4 nitrogen and oxygen atoms in total. The van der Waals surface area contributed by atoms with Gasteiger partial charge >= 0.3 is 0 Å². The summed E-state index contributed by atoms with van der Waals surface area (Å²) >= 11 is 2.22. The molecule has 1 heterocycles. The highest BCUT2D eigenvalue weighted by molar-refractivity contribution is 14.1. The van der Waals surface area contributed by atoms with Gasteiger partial charge in [-0.3, -0.25) is 4.79 Å². The van der Waals surface area contributed by atoms with Crippen LogP contribution >= 0.6 is 22.6 Å². The van der Waals surface area contributed by atoms with Crippen LogP contribution in [0, 0.1) is 3.57 Å². The zero-order chi connectivity index (χ0) is 15.0. The second-order valence-corrected chi connectivity index (χ2v) is 5.87. The Morgan fingerprint density at radius 2 is 2.05 bits per heavy atom. The molecular weight excluding hydrogens is 381 g/mol. The minimum atomic E-state index is -0.137. The second kappa shape index (κ2) is 5.40. The molecule has 0 unspecified atom stereocenters. The minimum absolute atomic E-state index is 0.125. The number of fused-ring (bicyclic) bond motifs is 1. The predicted molar refractivity (Wildman–Crippen MR) is 90.3 cm³/mol. The lowest BCUT2D eigenvalue weighted by molar-refractivity contribution is -0.110. The molecule has 0 aromatic heterocycles. The largest absolute Gasteiger partial charge is 0.508 e. The summed E-state index contributed by atoms with van der Waals surface area (Å²) < 4.78 is 6.31.